The van der Waals surface area contributed by atoms with Crippen LogP contribution in [0, 0.1) is 12.3 Å². The molecule has 0 saturated carbocycles. The standard InChI is InChI=1S/C23H28N2S/c1-16-7-6-8-20-19(16)15-21-23(2,3)22(26-25(20)21)14-11-17-9-12-18(13-10-17)24(4)5/h6-14,21-22H,15H2,1-5H3. The summed E-state index contributed by atoms with van der Waals surface area (Å²) < 4.78 is 2.58. The molecule has 26 heavy (non-hydrogen) atoms. The monoisotopic (exact) mass is 364 g/mol. The van der Waals surface area contributed by atoms with Crippen molar-refractivity contribution in [3.05, 3.63) is 65.2 Å². The molecular weight excluding hydrogens is 336 g/mol. The third-order valence-electron chi connectivity index (χ3n) is 6.00. The summed E-state index contributed by atoms with van der Waals surface area (Å²) in [6, 6.07) is 16.1. The van der Waals surface area contributed by atoms with Gasteiger partial charge >= 0.3 is 0 Å². The molecule has 0 aromatic heterocycles. The van der Waals surface area contributed by atoms with Gasteiger partial charge in [-0.3, -0.25) is 0 Å². The van der Waals surface area contributed by atoms with E-state index in [0.29, 0.717) is 11.3 Å². The summed E-state index contributed by atoms with van der Waals surface area (Å²) >= 11 is 2.01. The fraction of sp³-hybridized carbons (Fsp3) is 0.391. The van der Waals surface area contributed by atoms with Gasteiger partial charge < -0.3 is 9.21 Å². The van der Waals surface area contributed by atoms with E-state index in [-0.39, 0.29) is 5.41 Å². The van der Waals surface area contributed by atoms with Crippen LogP contribution in [0.1, 0.15) is 30.5 Å². The molecule has 2 nitrogen and oxygen atoms in total. The van der Waals surface area contributed by atoms with E-state index in [4.69, 9.17) is 0 Å². The van der Waals surface area contributed by atoms with Crippen molar-refractivity contribution < 1.29 is 0 Å². The maximum atomic E-state index is 2.58. The minimum atomic E-state index is 0.246. The quantitative estimate of drug-likeness (QED) is 0.658. The number of hydrogen-bond acceptors (Lipinski definition) is 3. The third-order valence-corrected chi connectivity index (χ3v) is 7.67. The summed E-state index contributed by atoms with van der Waals surface area (Å²) in [6.45, 7) is 7.10. The van der Waals surface area contributed by atoms with Crippen molar-refractivity contribution in [2.45, 2.75) is 38.5 Å². The lowest BCUT2D eigenvalue weighted by Gasteiger charge is -2.28. The first kappa shape index (κ1) is 17.5. The molecule has 2 aliphatic heterocycles. The molecule has 2 aromatic carbocycles. The zero-order valence-corrected chi connectivity index (χ0v) is 17.2. The third kappa shape index (κ3) is 2.83. The number of nitrogens with zero attached hydrogens (tertiary/aromatic N) is 2. The number of aryl methyl sites for hydroxylation is 1. The van der Waals surface area contributed by atoms with Crippen molar-refractivity contribution in [1.29, 1.82) is 0 Å². The first-order chi connectivity index (χ1) is 12.4. The van der Waals surface area contributed by atoms with Crippen molar-refractivity contribution in [1.82, 2.24) is 0 Å². The van der Waals surface area contributed by atoms with Crippen LogP contribution in [-0.4, -0.2) is 25.4 Å². The molecule has 0 radical (unpaired) electrons. The zero-order valence-electron chi connectivity index (χ0n) is 16.4. The topological polar surface area (TPSA) is 6.48 Å². The van der Waals surface area contributed by atoms with E-state index < -0.39 is 0 Å². The van der Waals surface area contributed by atoms with Crippen LogP contribution >= 0.6 is 11.9 Å². The Morgan fingerprint density at radius 3 is 2.54 bits per heavy atom. The minimum absolute atomic E-state index is 0.246. The van der Waals surface area contributed by atoms with Crippen LogP contribution in [0.2, 0.25) is 0 Å². The van der Waals surface area contributed by atoms with Crippen molar-refractivity contribution in [3.63, 3.8) is 0 Å². The van der Waals surface area contributed by atoms with E-state index in [1.54, 1.807) is 5.56 Å². The number of rotatable bonds is 3. The molecule has 1 fully saturated rings. The Kier molecular flexibility index (Phi) is 4.31. The first-order valence-corrected chi connectivity index (χ1v) is 10.2. The summed E-state index contributed by atoms with van der Waals surface area (Å²) in [4.78, 5) is 2.14. The molecule has 2 atom stereocenters. The Labute approximate surface area is 162 Å². The number of anilines is 2. The summed E-state index contributed by atoms with van der Waals surface area (Å²) in [7, 11) is 4.16. The van der Waals surface area contributed by atoms with Gasteiger partial charge in [-0.1, -0.05) is 50.3 Å². The van der Waals surface area contributed by atoms with Crippen LogP contribution in [0.5, 0.6) is 0 Å². The van der Waals surface area contributed by atoms with Gasteiger partial charge in [0.1, 0.15) is 0 Å². The molecule has 3 heteroatoms. The lowest BCUT2D eigenvalue weighted by molar-refractivity contribution is 0.329. The first-order valence-electron chi connectivity index (χ1n) is 9.38. The van der Waals surface area contributed by atoms with Crippen LogP contribution in [0.3, 0.4) is 0 Å². The second-order valence-electron chi connectivity index (χ2n) is 8.31. The molecule has 2 unspecified atom stereocenters. The maximum absolute atomic E-state index is 2.58. The Hall–Kier alpha value is -1.87. The molecule has 0 N–H and O–H groups in total. The largest absolute Gasteiger partial charge is 0.378 e. The molecule has 0 amide bonds. The predicted octanol–water partition coefficient (Wildman–Crippen LogP) is 5.56. The van der Waals surface area contributed by atoms with Crippen molar-refractivity contribution in [3.8, 4) is 0 Å². The Morgan fingerprint density at radius 1 is 1.12 bits per heavy atom. The van der Waals surface area contributed by atoms with Crippen LogP contribution in [0.4, 0.5) is 11.4 Å². The Morgan fingerprint density at radius 2 is 1.85 bits per heavy atom. The van der Waals surface area contributed by atoms with E-state index in [1.807, 2.05) is 11.9 Å². The highest BCUT2D eigenvalue weighted by Crippen LogP contribution is 2.55. The molecule has 0 aliphatic carbocycles. The van der Waals surface area contributed by atoms with E-state index in [9.17, 15) is 0 Å². The second kappa shape index (κ2) is 6.38. The summed E-state index contributed by atoms with van der Waals surface area (Å²) in [5.41, 5.74) is 7.16. The summed E-state index contributed by atoms with van der Waals surface area (Å²) in [5.74, 6) is 0. The molecule has 0 spiro atoms. The molecule has 2 aromatic rings. The maximum Gasteiger partial charge on any atom is 0.0513 e. The minimum Gasteiger partial charge on any atom is -0.378 e. The van der Waals surface area contributed by atoms with Gasteiger partial charge in [0.2, 0.25) is 0 Å². The van der Waals surface area contributed by atoms with Crippen molar-refractivity contribution in [2.24, 2.45) is 5.41 Å². The average molecular weight is 365 g/mol. The normalized spacial score (nSPS) is 23.3. The molecule has 2 heterocycles. The van der Waals surface area contributed by atoms with Gasteiger partial charge in [0, 0.05) is 25.2 Å². The molecule has 0 bridgehead atoms. The number of benzene rings is 2. The molecule has 2 aliphatic rings. The van der Waals surface area contributed by atoms with Crippen molar-refractivity contribution in [2.75, 3.05) is 23.3 Å². The van der Waals surface area contributed by atoms with Crippen LogP contribution < -0.4 is 9.21 Å². The van der Waals surface area contributed by atoms with E-state index in [2.05, 4.69) is 98.7 Å². The number of hydrogen-bond donors (Lipinski definition) is 0. The lowest BCUT2D eigenvalue weighted by Crippen LogP contribution is -2.36. The zero-order chi connectivity index (χ0) is 18.5. The summed E-state index contributed by atoms with van der Waals surface area (Å²) in [6.07, 6.45) is 5.87. The molecule has 1 saturated heterocycles. The van der Waals surface area contributed by atoms with Crippen LogP contribution in [0.15, 0.2) is 48.5 Å². The highest BCUT2D eigenvalue weighted by Gasteiger charge is 2.51. The number of fused-ring (bicyclic) bond motifs is 3. The van der Waals surface area contributed by atoms with Gasteiger partial charge in [0.05, 0.1) is 17.0 Å². The van der Waals surface area contributed by atoms with Crippen molar-refractivity contribution >= 4 is 29.4 Å². The summed E-state index contributed by atoms with van der Waals surface area (Å²) in [5, 5.41) is 0.495. The lowest BCUT2D eigenvalue weighted by atomic mass is 9.79. The predicted molar refractivity (Wildman–Crippen MR) is 116 cm³/mol. The SMILES string of the molecule is Cc1cccc2c1CC1N2SC(C=Cc2ccc(N(C)C)cc2)C1(C)C. The fourth-order valence-corrected chi connectivity index (χ4v) is 5.71. The van der Waals surface area contributed by atoms with Gasteiger partial charge in [-0.2, -0.15) is 0 Å². The van der Waals surface area contributed by atoms with Gasteiger partial charge in [0.15, 0.2) is 0 Å². The fourth-order valence-electron chi connectivity index (χ4n) is 4.11. The molecular formula is C23H28N2S. The second-order valence-corrected chi connectivity index (χ2v) is 9.42. The van der Waals surface area contributed by atoms with E-state index in [1.165, 1.54) is 28.9 Å². The Bertz CT molecular complexity index is 836. The molecule has 4 rings (SSSR count). The Balaban J connectivity index is 1.56. The average Bonchev–Trinajstić information content (AvgIpc) is 3.10. The highest BCUT2D eigenvalue weighted by molar-refractivity contribution is 8.01. The highest BCUT2D eigenvalue weighted by atomic mass is 32.2. The molecule has 136 valence electrons. The van der Waals surface area contributed by atoms with Crippen LogP contribution in [0.25, 0.3) is 6.08 Å². The van der Waals surface area contributed by atoms with E-state index >= 15 is 0 Å². The van der Waals surface area contributed by atoms with Gasteiger partial charge in [-0.25, -0.2) is 0 Å². The van der Waals surface area contributed by atoms with Gasteiger partial charge in [-0.15, -0.1) is 0 Å². The van der Waals surface area contributed by atoms with E-state index in [0.717, 1.165) is 0 Å². The van der Waals surface area contributed by atoms with Gasteiger partial charge in [0.25, 0.3) is 0 Å². The van der Waals surface area contributed by atoms with Gasteiger partial charge in [-0.05, 0) is 60.2 Å². The van der Waals surface area contributed by atoms with Crippen LogP contribution in [-0.2, 0) is 6.42 Å². The smallest absolute Gasteiger partial charge is 0.0513 e.